The Morgan fingerprint density at radius 1 is 1.03 bits per heavy atom. The van der Waals surface area contributed by atoms with E-state index in [4.69, 9.17) is 0 Å². The third-order valence-corrected chi connectivity index (χ3v) is 6.09. The van der Waals surface area contributed by atoms with E-state index in [0.717, 1.165) is 29.7 Å². The van der Waals surface area contributed by atoms with E-state index >= 15 is 0 Å². The number of carbonyl (C=O) groups is 2. The Labute approximate surface area is 195 Å². The number of allylic oxidation sites excluding steroid dienone is 1. The standard InChI is InChI=1S/C22H19F5N4O2S/c23-21(24,19(32)29-14-2-3-14)13-1-4-16(12-6-8-34-11-12)17(9-13)31-20(33)30-15-5-7-28-18(10-15)22(25,26)27/h1,4-5,7,9-11,14H,2-3,6,8H2,(H,29,32)(H2,28,30,31,33). The zero-order valence-corrected chi connectivity index (χ0v) is 18.3. The second-order valence-corrected chi connectivity index (χ2v) is 8.83. The predicted molar refractivity (Wildman–Crippen MR) is 118 cm³/mol. The van der Waals surface area contributed by atoms with Crippen LogP contribution in [0.1, 0.15) is 36.1 Å². The maximum atomic E-state index is 14.8. The summed E-state index contributed by atoms with van der Waals surface area (Å²) in [5, 5.41) is 8.80. The average molecular weight is 498 g/mol. The summed E-state index contributed by atoms with van der Waals surface area (Å²) in [6.45, 7) is 0. The number of thioether (sulfide) groups is 1. The van der Waals surface area contributed by atoms with Crippen LogP contribution in [0.25, 0.3) is 5.57 Å². The molecule has 0 spiro atoms. The smallest absolute Gasteiger partial charge is 0.348 e. The molecule has 1 fully saturated rings. The summed E-state index contributed by atoms with van der Waals surface area (Å²) in [5.74, 6) is -4.48. The zero-order valence-electron chi connectivity index (χ0n) is 17.5. The molecule has 0 saturated heterocycles. The van der Waals surface area contributed by atoms with Crippen molar-refractivity contribution in [1.29, 1.82) is 0 Å². The first-order valence-electron chi connectivity index (χ1n) is 10.3. The molecule has 0 bridgehead atoms. The lowest BCUT2D eigenvalue weighted by Gasteiger charge is -2.19. The van der Waals surface area contributed by atoms with Crippen LogP contribution in [0.4, 0.5) is 38.1 Å². The maximum Gasteiger partial charge on any atom is 0.433 e. The van der Waals surface area contributed by atoms with Crippen molar-refractivity contribution in [3.05, 3.63) is 58.8 Å². The molecule has 3 amide bonds. The highest BCUT2D eigenvalue weighted by atomic mass is 32.2. The molecule has 4 rings (SSSR count). The van der Waals surface area contributed by atoms with Gasteiger partial charge in [-0.3, -0.25) is 9.78 Å². The number of rotatable bonds is 6. The number of alkyl halides is 5. The minimum atomic E-state index is -4.70. The van der Waals surface area contributed by atoms with Gasteiger partial charge in [0.1, 0.15) is 5.69 Å². The molecule has 0 radical (unpaired) electrons. The lowest BCUT2D eigenvalue weighted by molar-refractivity contribution is -0.147. The monoisotopic (exact) mass is 498 g/mol. The molecule has 1 aliphatic carbocycles. The van der Waals surface area contributed by atoms with Crippen molar-refractivity contribution in [3.63, 3.8) is 0 Å². The summed E-state index contributed by atoms with van der Waals surface area (Å²) in [5.41, 5.74) is -0.689. The molecule has 6 nitrogen and oxygen atoms in total. The Morgan fingerprint density at radius 2 is 1.79 bits per heavy atom. The third-order valence-electron chi connectivity index (χ3n) is 5.20. The molecule has 1 aromatic carbocycles. The zero-order chi connectivity index (χ0) is 24.5. The highest BCUT2D eigenvalue weighted by Gasteiger charge is 2.43. The minimum absolute atomic E-state index is 0.00717. The van der Waals surface area contributed by atoms with Crippen LogP contribution in [0.15, 0.2) is 41.9 Å². The maximum absolute atomic E-state index is 14.8. The van der Waals surface area contributed by atoms with Crippen LogP contribution in [0.3, 0.4) is 0 Å². The number of pyridine rings is 1. The van der Waals surface area contributed by atoms with Gasteiger partial charge in [-0.1, -0.05) is 12.1 Å². The van der Waals surface area contributed by atoms with Gasteiger partial charge in [-0.05, 0) is 48.4 Å². The summed E-state index contributed by atoms with van der Waals surface area (Å²) in [7, 11) is 0. The molecule has 3 N–H and O–H groups in total. The van der Waals surface area contributed by atoms with E-state index in [-0.39, 0.29) is 17.4 Å². The van der Waals surface area contributed by atoms with Crippen LogP contribution in [0, 0.1) is 0 Å². The van der Waals surface area contributed by atoms with E-state index in [1.54, 1.807) is 0 Å². The Bertz CT molecular complexity index is 1150. The van der Waals surface area contributed by atoms with E-state index in [1.165, 1.54) is 23.9 Å². The van der Waals surface area contributed by atoms with Gasteiger partial charge in [-0.2, -0.15) is 22.0 Å². The van der Waals surface area contributed by atoms with E-state index in [1.807, 2.05) is 5.41 Å². The Balaban J connectivity index is 1.59. The second kappa shape index (κ2) is 9.24. The Morgan fingerprint density at radius 3 is 2.44 bits per heavy atom. The topological polar surface area (TPSA) is 83.1 Å². The van der Waals surface area contributed by atoms with Crippen molar-refractivity contribution in [2.24, 2.45) is 0 Å². The average Bonchev–Trinajstić information content (AvgIpc) is 3.42. The summed E-state index contributed by atoms with van der Waals surface area (Å²) < 4.78 is 68.2. The molecule has 1 aromatic heterocycles. The van der Waals surface area contributed by atoms with Crippen molar-refractivity contribution in [2.45, 2.75) is 37.4 Å². The SMILES string of the molecule is O=C(Nc1ccnc(C(F)(F)F)c1)Nc1cc(C(F)(F)C(=O)NC2CC2)ccc1C1=CSCC1. The van der Waals surface area contributed by atoms with Gasteiger partial charge in [0.25, 0.3) is 5.91 Å². The first-order valence-corrected chi connectivity index (χ1v) is 11.3. The van der Waals surface area contributed by atoms with Crippen molar-refractivity contribution in [2.75, 3.05) is 16.4 Å². The van der Waals surface area contributed by atoms with Gasteiger partial charge in [-0.25, -0.2) is 4.79 Å². The van der Waals surface area contributed by atoms with Gasteiger partial charge in [0.15, 0.2) is 0 Å². The lowest BCUT2D eigenvalue weighted by Crippen LogP contribution is -2.39. The first-order chi connectivity index (χ1) is 16.0. The van der Waals surface area contributed by atoms with Crippen LogP contribution in [-0.2, 0) is 16.9 Å². The molecular weight excluding hydrogens is 479 g/mol. The Hall–Kier alpha value is -3.15. The second-order valence-electron chi connectivity index (χ2n) is 7.85. The number of urea groups is 1. The van der Waals surface area contributed by atoms with Crippen LogP contribution in [-0.4, -0.2) is 28.7 Å². The fourth-order valence-electron chi connectivity index (χ4n) is 3.29. The number of hydrogen-bond acceptors (Lipinski definition) is 4. The molecule has 180 valence electrons. The molecule has 2 heterocycles. The van der Waals surface area contributed by atoms with Crippen molar-refractivity contribution >= 4 is 40.6 Å². The van der Waals surface area contributed by atoms with Crippen LogP contribution < -0.4 is 16.0 Å². The van der Waals surface area contributed by atoms with Gasteiger partial charge in [0.05, 0.1) is 5.69 Å². The lowest BCUT2D eigenvalue weighted by atomic mass is 9.98. The summed E-state index contributed by atoms with van der Waals surface area (Å²) in [4.78, 5) is 27.8. The fourth-order valence-corrected chi connectivity index (χ4v) is 4.19. The molecule has 2 aromatic rings. The van der Waals surface area contributed by atoms with Gasteiger partial charge in [-0.15, -0.1) is 11.8 Å². The number of amides is 3. The minimum Gasteiger partial charge on any atom is -0.348 e. The number of hydrogen-bond donors (Lipinski definition) is 3. The number of aromatic nitrogens is 1. The number of nitrogens with one attached hydrogen (secondary N) is 3. The van der Waals surface area contributed by atoms with E-state index < -0.39 is 35.3 Å². The predicted octanol–water partition coefficient (Wildman–Crippen LogP) is 5.59. The molecule has 34 heavy (non-hydrogen) atoms. The molecule has 12 heteroatoms. The number of benzene rings is 1. The highest BCUT2D eigenvalue weighted by molar-refractivity contribution is 8.02. The van der Waals surface area contributed by atoms with E-state index in [0.29, 0.717) is 30.9 Å². The van der Waals surface area contributed by atoms with Crippen molar-refractivity contribution in [1.82, 2.24) is 10.3 Å². The van der Waals surface area contributed by atoms with Crippen LogP contribution >= 0.6 is 11.8 Å². The largest absolute Gasteiger partial charge is 0.433 e. The number of anilines is 2. The van der Waals surface area contributed by atoms with Crippen molar-refractivity contribution in [3.8, 4) is 0 Å². The molecule has 1 saturated carbocycles. The molecule has 1 aliphatic heterocycles. The molecule has 2 aliphatic rings. The molecule has 0 atom stereocenters. The van der Waals surface area contributed by atoms with E-state index in [9.17, 15) is 31.5 Å². The quantitative estimate of drug-likeness (QED) is 0.454. The molecule has 0 unspecified atom stereocenters. The normalized spacial score (nSPS) is 16.1. The molecular formula is C22H19F5N4O2S. The third kappa shape index (κ3) is 5.49. The summed E-state index contributed by atoms with van der Waals surface area (Å²) in [6.07, 6.45) is -1.88. The first kappa shape index (κ1) is 24.0. The van der Waals surface area contributed by atoms with Crippen molar-refractivity contribution < 1.29 is 31.5 Å². The van der Waals surface area contributed by atoms with Gasteiger partial charge >= 0.3 is 18.1 Å². The van der Waals surface area contributed by atoms with Gasteiger partial charge in [0, 0.05) is 34.8 Å². The fraction of sp³-hybridized carbons (Fsp3) is 0.318. The van der Waals surface area contributed by atoms with Gasteiger partial charge in [0.2, 0.25) is 0 Å². The van der Waals surface area contributed by atoms with Gasteiger partial charge < -0.3 is 16.0 Å². The van der Waals surface area contributed by atoms with E-state index in [2.05, 4.69) is 20.9 Å². The summed E-state index contributed by atoms with van der Waals surface area (Å²) >= 11 is 1.52. The number of nitrogens with zero attached hydrogens (tertiary/aromatic N) is 1. The van der Waals surface area contributed by atoms with Crippen LogP contribution in [0.2, 0.25) is 0 Å². The van der Waals surface area contributed by atoms with Crippen LogP contribution in [0.5, 0.6) is 0 Å². The Kier molecular flexibility index (Phi) is 6.52. The highest BCUT2D eigenvalue weighted by Crippen LogP contribution is 2.38. The number of halogens is 5. The summed E-state index contributed by atoms with van der Waals surface area (Å²) in [6, 6.07) is 4.17. The number of carbonyl (C=O) groups excluding carboxylic acids is 2.